The van der Waals surface area contributed by atoms with Crippen LogP contribution in [0.25, 0.3) is 0 Å². The van der Waals surface area contributed by atoms with Gasteiger partial charge in [0.15, 0.2) is 0 Å². The molecular formula is C10H18N2O2. The normalized spacial score (nSPS) is 24.7. The molecule has 1 aliphatic heterocycles. The van der Waals surface area contributed by atoms with Gasteiger partial charge in [-0.25, -0.2) is 4.79 Å². The minimum atomic E-state index is -0.770. The van der Waals surface area contributed by atoms with Crippen LogP contribution in [0.4, 0.5) is 4.79 Å². The van der Waals surface area contributed by atoms with Crippen LogP contribution in [0.1, 0.15) is 19.3 Å². The van der Waals surface area contributed by atoms with E-state index >= 15 is 0 Å². The van der Waals surface area contributed by atoms with E-state index in [-0.39, 0.29) is 0 Å². The van der Waals surface area contributed by atoms with E-state index in [1.165, 1.54) is 30.7 Å². The number of hydrogen-bond donors (Lipinski definition) is 1. The SMILES string of the molecule is O=C(O)N1CCN(CC2CCC2)CC1. The molecule has 2 fully saturated rings. The highest BCUT2D eigenvalue weighted by atomic mass is 16.4. The lowest BCUT2D eigenvalue weighted by Crippen LogP contribution is -2.49. The van der Waals surface area contributed by atoms with Crippen molar-refractivity contribution in [3.63, 3.8) is 0 Å². The lowest BCUT2D eigenvalue weighted by molar-refractivity contribution is 0.0890. The van der Waals surface area contributed by atoms with Gasteiger partial charge in [-0.1, -0.05) is 6.42 Å². The quantitative estimate of drug-likeness (QED) is 0.722. The summed E-state index contributed by atoms with van der Waals surface area (Å²) < 4.78 is 0. The van der Waals surface area contributed by atoms with E-state index in [1.807, 2.05) is 0 Å². The maximum absolute atomic E-state index is 10.7. The van der Waals surface area contributed by atoms with Crippen molar-refractivity contribution in [3.8, 4) is 0 Å². The molecule has 0 aromatic carbocycles. The average molecular weight is 198 g/mol. The molecule has 1 saturated heterocycles. The number of hydrogen-bond acceptors (Lipinski definition) is 2. The maximum Gasteiger partial charge on any atom is 0.407 e. The first-order chi connectivity index (χ1) is 6.75. The smallest absolute Gasteiger partial charge is 0.407 e. The Kier molecular flexibility index (Phi) is 2.91. The summed E-state index contributed by atoms with van der Waals surface area (Å²) in [6.07, 6.45) is 3.37. The van der Waals surface area contributed by atoms with Crippen LogP contribution in [0.2, 0.25) is 0 Å². The fourth-order valence-electron chi connectivity index (χ4n) is 2.16. The van der Waals surface area contributed by atoms with Crippen LogP contribution in [0.15, 0.2) is 0 Å². The van der Waals surface area contributed by atoms with E-state index in [4.69, 9.17) is 5.11 Å². The van der Waals surface area contributed by atoms with Crippen LogP contribution in [0, 0.1) is 5.92 Å². The lowest BCUT2D eigenvalue weighted by Gasteiger charge is -2.37. The van der Waals surface area contributed by atoms with Crippen molar-refractivity contribution < 1.29 is 9.90 Å². The summed E-state index contributed by atoms with van der Waals surface area (Å²) >= 11 is 0. The van der Waals surface area contributed by atoms with Gasteiger partial charge in [0.1, 0.15) is 0 Å². The van der Waals surface area contributed by atoms with E-state index in [1.54, 1.807) is 0 Å². The molecule has 0 bridgehead atoms. The van der Waals surface area contributed by atoms with Crippen LogP contribution >= 0.6 is 0 Å². The number of carboxylic acid groups (broad SMARTS) is 1. The topological polar surface area (TPSA) is 43.8 Å². The monoisotopic (exact) mass is 198 g/mol. The van der Waals surface area contributed by atoms with Crippen molar-refractivity contribution in [2.75, 3.05) is 32.7 Å². The molecule has 0 atom stereocenters. The van der Waals surface area contributed by atoms with Crippen molar-refractivity contribution in [3.05, 3.63) is 0 Å². The Morgan fingerprint density at radius 1 is 1.21 bits per heavy atom. The Morgan fingerprint density at radius 2 is 1.86 bits per heavy atom. The fourth-order valence-corrected chi connectivity index (χ4v) is 2.16. The molecule has 0 radical (unpaired) electrons. The van der Waals surface area contributed by atoms with Gasteiger partial charge >= 0.3 is 6.09 Å². The number of nitrogens with zero attached hydrogens (tertiary/aromatic N) is 2. The predicted molar refractivity (Wildman–Crippen MR) is 53.4 cm³/mol. The Bertz CT molecular complexity index is 208. The molecule has 1 heterocycles. The van der Waals surface area contributed by atoms with Gasteiger partial charge in [0.05, 0.1) is 0 Å². The van der Waals surface area contributed by atoms with Crippen LogP contribution < -0.4 is 0 Å². The van der Waals surface area contributed by atoms with Crippen molar-refractivity contribution in [1.82, 2.24) is 9.80 Å². The third-order valence-electron chi connectivity index (χ3n) is 3.38. The first kappa shape index (κ1) is 9.77. The molecule has 0 aromatic heterocycles. The summed E-state index contributed by atoms with van der Waals surface area (Å²) in [5, 5.41) is 8.77. The number of rotatable bonds is 2. The molecule has 4 heteroatoms. The lowest BCUT2D eigenvalue weighted by atomic mass is 9.85. The molecule has 2 aliphatic rings. The maximum atomic E-state index is 10.7. The van der Waals surface area contributed by atoms with Crippen molar-refractivity contribution in [2.24, 2.45) is 5.92 Å². The first-order valence-corrected chi connectivity index (χ1v) is 5.46. The predicted octanol–water partition coefficient (Wildman–Crippen LogP) is 1.08. The zero-order valence-electron chi connectivity index (χ0n) is 8.48. The molecule has 2 rings (SSSR count). The minimum absolute atomic E-state index is 0.683. The highest BCUT2D eigenvalue weighted by Crippen LogP contribution is 2.27. The van der Waals surface area contributed by atoms with Gasteiger partial charge in [-0.15, -0.1) is 0 Å². The van der Waals surface area contributed by atoms with Gasteiger partial charge in [0, 0.05) is 32.7 Å². The second-order valence-electron chi connectivity index (χ2n) is 4.37. The van der Waals surface area contributed by atoms with Gasteiger partial charge in [-0.05, 0) is 18.8 Å². The third-order valence-corrected chi connectivity index (χ3v) is 3.38. The van der Waals surface area contributed by atoms with Crippen molar-refractivity contribution in [2.45, 2.75) is 19.3 Å². The van der Waals surface area contributed by atoms with Gasteiger partial charge in [-0.2, -0.15) is 0 Å². The van der Waals surface area contributed by atoms with E-state index in [9.17, 15) is 4.79 Å². The Morgan fingerprint density at radius 3 is 2.29 bits per heavy atom. The average Bonchev–Trinajstić information content (AvgIpc) is 2.12. The molecule has 0 aromatic rings. The van der Waals surface area contributed by atoms with E-state index in [2.05, 4.69) is 4.90 Å². The third kappa shape index (κ3) is 2.18. The molecule has 80 valence electrons. The Hall–Kier alpha value is -0.770. The van der Waals surface area contributed by atoms with E-state index in [0.717, 1.165) is 19.0 Å². The highest BCUT2D eigenvalue weighted by Gasteiger charge is 2.24. The Labute approximate surface area is 84.5 Å². The molecule has 1 saturated carbocycles. The molecular weight excluding hydrogens is 180 g/mol. The van der Waals surface area contributed by atoms with Crippen LogP contribution in [0.5, 0.6) is 0 Å². The van der Waals surface area contributed by atoms with Gasteiger partial charge in [-0.3, -0.25) is 4.90 Å². The van der Waals surface area contributed by atoms with Crippen LogP contribution in [-0.4, -0.2) is 53.7 Å². The van der Waals surface area contributed by atoms with Gasteiger partial charge < -0.3 is 10.0 Å². The number of piperazine rings is 1. The zero-order valence-corrected chi connectivity index (χ0v) is 8.48. The summed E-state index contributed by atoms with van der Waals surface area (Å²) in [7, 11) is 0. The van der Waals surface area contributed by atoms with E-state index < -0.39 is 6.09 Å². The molecule has 0 unspecified atom stereocenters. The molecule has 14 heavy (non-hydrogen) atoms. The number of amides is 1. The highest BCUT2D eigenvalue weighted by molar-refractivity contribution is 5.65. The minimum Gasteiger partial charge on any atom is -0.465 e. The summed E-state index contributed by atoms with van der Waals surface area (Å²) in [6.45, 7) is 4.39. The molecule has 1 amide bonds. The summed E-state index contributed by atoms with van der Waals surface area (Å²) in [5.74, 6) is 0.895. The van der Waals surface area contributed by atoms with Crippen LogP contribution in [0.3, 0.4) is 0 Å². The van der Waals surface area contributed by atoms with Gasteiger partial charge in [0.25, 0.3) is 0 Å². The van der Waals surface area contributed by atoms with Crippen molar-refractivity contribution >= 4 is 6.09 Å². The summed E-state index contributed by atoms with van der Waals surface area (Å²) in [5.41, 5.74) is 0. The van der Waals surface area contributed by atoms with Crippen LogP contribution in [-0.2, 0) is 0 Å². The standard InChI is InChI=1S/C10H18N2O2/c13-10(14)12-6-4-11(5-7-12)8-9-2-1-3-9/h9H,1-8H2,(H,13,14). The summed E-state index contributed by atoms with van der Waals surface area (Å²) in [6, 6.07) is 0. The van der Waals surface area contributed by atoms with Gasteiger partial charge in [0.2, 0.25) is 0 Å². The Balaban J connectivity index is 1.69. The molecule has 1 aliphatic carbocycles. The largest absolute Gasteiger partial charge is 0.465 e. The molecule has 1 N–H and O–H groups in total. The molecule has 0 spiro atoms. The second kappa shape index (κ2) is 4.17. The summed E-state index contributed by atoms with van der Waals surface area (Å²) in [4.78, 5) is 14.6. The van der Waals surface area contributed by atoms with Crippen molar-refractivity contribution in [1.29, 1.82) is 0 Å². The van der Waals surface area contributed by atoms with E-state index in [0.29, 0.717) is 13.1 Å². The first-order valence-electron chi connectivity index (χ1n) is 5.46. The second-order valence-corrected chi connectivity index (χ2v) is 4.37. The fraction of sp³-hybridized carbons (Fsp3) is 0.900. The zero-order chi connectivity index (χ0) is 9.97. The number of carbonyl (C=O) groups is 1. The molecule has 4 nitrogen and oxygen atoms in total.